The Balaban J connectivity index is 1.98. The molecule has 0 aliphatic carbocycles. The van der Waals surface area contributed by atoms with Crippen molar-refractivity contribution in [3.8, 4) is 11.1 Å². The van der Waals surface area contributed by atoms with Crippen molar-refractivity contribution >= 4 is 11.8 Å². The first-order chi connectivity index (χ1) is 9.65. The lowest BCUT2D eigenvalue weighted by Crippen LogP contribution is -2.34. The van der Waals surface area contributed by atoms with Crippen LogP contribution in [-0.2, 0) is 16.0 Å². The second-order valence-electron chi connectivity index (χ2n) is 4.48. The van der Waals surface area contributed by atoms with Crippen molar-refractivity contribution in [2.45, 2.75) is 6.42 Å². The lowest BCUT2D eigenvalue weighted by Gasteiger charge is -2.05. The van der Waals surface area contributed by atoms with E-state index in [9.17, 15) is 9.59 Å². The minimum absolute atomic E-state index is 0.124. The Morgan fingerprint density at radius 1 is 0.900 bits per heavy atom. The van der Waals surface area contributed by atoms with Gasteiger partial charge < -0.3 is 11.1 Å². The fraction of sp³-hybridized carbons (Fsp3) is 0.125. The predicted molar refractivity (Wildman–Crippen MR) is 77.8 cm³/mol. The van der Waals surface area contributed by atoms with Gasteiger partial charge in [0.25, 0.3) is 0 Å². The molecule has 0 fully saturated rings. The van der Waals surface area contributed by atoms with E-state index in [0.717, 1.165) is 16.7 Å². The van der Waals surface area contributed by atoms with E-state index in [-0.39, 0.29) is 18.9 Å². The third-order valence-electron chi connectivity index (χ3n) is 2.89. The average molecular weight is 268 g/mol. The second kappa shape index (κ2) is 6.52. The van der Waals surface area contributed by atoms with Crippen molar-refractivity contribution < 1.29 is 9.59 Å². The number of primary amides is 1. The molecular weight excluding hydrogens is 252 g/mol. The van der Waals surface area contributed by atoms with E-state index < -0.39 is 5.91 Å². The Morgan fingerprint density at radius 2 is 1.50 bits per heavy atom. The molecule has 4 heteroatoms. The maximum absolute atomic E-state index is 11.6. The van der Waals surface area contributed by atoms with Crippen LogP contribution in [0.25, 0.3) is 11.1 Å². The number of nitrogens with two attached hydrogens (primary N) is 1. The van der Waals surface area contributed by atoms with Crippen LogP contribution in [0.15, 0.2) is 54.6 Å². The van der Waals surface area contributed by atoms with Gasteiger partial charge in [-0.1, -0.05) is 54.6 Å². The number of carbonyl (C=O) groups is 2. The first-order valence-electron chi connectivity index (χ1n) is 6.34. The smallest absolute Gasteiger partial charge is 0.236 e. The lowest BCUT2D eigenvalue weighted by molar-refractivity contribution is -0.124. The van der Waals surface area contributed by atoms with Gasteiger partial charge in [-0.15, -0.1) is 0 Å². The summed E-state index contributed by atoms with van der Waals surface area (Å²) in [6.07, 6.45) is 0.238. The topological polar surface area (TPSA) is 72.2 Å². The van der Waals surface area contributed by atoms with Crippen molar-refractivity contribution in [3.05, 3.63) is 60.2 Å². The van der Waals surface area contributed by atoms with Crippen molar-refractivity contribution in [3.63, 3.8) is 0 Å². The van der Waals surface area contributed by atoms with Gasteiger partial charge in [-0.05, 0) is 16.7 Å². The summed E-state index contributed by atoms with van der Waals surface area (Å²) in [5.74, 6) is -0.756. The fourth-order valence-electron chi connectivity index (χ4n) is 1.88. The number of amides is 2. The maximum atomic E-state index is 11.6. The van der Waals surface area contributed by atoms with Crippen molar-refractivity contribution in [1.29, 1.82) is 0 Å². The average Bonchev–Trinajstić information content (AvgIpc) is 2.47. The Morgan fingerprint density at radius 3 is 2.10 bits per heavy atom. The summed E-state index contributed by atoms with van der Waals surface area (Å²) < 4.78 is 0. The van der Waals surface area contributed by atoms with Crippen LogP contribution in [-0.4, -0.2) is 18.4 Å². The highest BCUT2D eigenvalue weighted by Crippen LogP contribution is 2.19. The largest absolute Gasteiger partial charge is 0.368 e. The summed E-state index contributed by atoms with van der Waals surface area (Å²) in [6, 6.07) is 17.8. The van der Waals surface area contributed by atoms with Gasteiger partial charge in [-0.25, -0.2) is 0 Å². The van der Waals surface area contributed by atoms with Crippen molar-refractivity contribution in [2.24, 2.45) is 5.73 Å². The maximum Gasteiger partial charge on any atom is 0.236 e. The molecule has 102 valence electrons. The van der Waals surface area contributed by atoms with E-state index in [1.54, 1.807) is 0 Å². The molecule has 0 saturated heterocycles. The van der Waals surface area contributed by atoms with Gasteiger partial charge >= 0.3 is 0 Å². The van der Waals surface area contributed by atoms with Crippen LogP contribution in [0.5, 0.6) is 0 Å². The molecule has 2 aromatic rings. The first-order valence-corrected chi connectivity index (χ1v) is 6.34. The summed E-state index contributed by atoms with van der Waals surface area (Å²) in [7, 11) is 0. The molecule has 0 radical (unpaired) electrons. The van der Waals surface area contributed by atoms with Gasteiger partial charge in [-0.2, -0.15) is 0 Å². The predicted octanol–water partition coefficient (Wildman–Crippen LogP) is 1.50. The molecule has 0 aliphatic rings. The van der Waals surface area contributed by atoms with Gasteiger partial charge in [0.05, 0.1) is 13.0 Å². The van der Waals surface area contributed by atoms with E-state index in [1.165, 1.54) is 0 Å². The zero-order valence-electron chi connectivity index (χ0n) is 11.0. The van der Waals surface area contributed by atoms with Crippen LogP contribution in [0.2, 0.25) is 0 Å². The number of benzene rings is 2. The van der Waals surface area contributed by atoms with Gasteiger partial charge in [0.1, 0.15) is 0 Å². The number of hydrogen-bond donors (Lipinski definition) is 2. The van der Waals surface area contributed by atoms with Crippen molar-refractivity contribution in [1.82, 2.24) is 5.32 Å². The Hall–Kier alpha value is -2.62. The molecule has 3 N–H and O–H groups in total. The number of hydrogen-bond acceptors (Lipinski definition) is 2. The molecule has 0 bridgehead atoms. The molecule has 0 heterocycles. The Bertz CT molecular complexity index is 592. The highest BCUT2D eigenvalue weighted by atomic mass is 16.2. The molecule has 0 atom stereocenters. The molecule has 0 saturated carbocycles. The molecule has 0 spiro atoms. The monoisotopic (exact) mass is 268 g/mol. The van der Waals surface area contributed by atoms with Crippen molar-refractivity contribution in [2.75, 3.05) is 6.54 Å². The zero-order valence-corrected chi connectivity index (χ0v) is 11.0. The minimum atomic E-state index is -0.544. The van der Waals surface area contributed by atoms with Gasteiger partial charge in [0.15, 0.2) is 0 Å². The molecule has 4 nitrogen and oxygen atoms in total. The third-order valence-corrected chi connectivity index (χ3v) is 2.89. The Kier molecular flexibility index (Phi) is 4.50. The molecule has 0 aliphatic heterocycles. The second-order valence-corrected chi connectivity index (χ2v) is 4.48. The van der Waals surface area contributed by atoms with E-state index in [4.69, 9.17) is 5.73 Å². The number of rotatable bonds is 5. The van der Waals surface area contributed by atoms with E-state index >= 15 is 0 Å². The SMILES string of the molecule is NC(=O)CNC(=O)Cc1ccc(-c2ccccc2)cc1. The van der Waals surface area contributed by atoms with Crippen LogP contribution in [0.1, 0.15) is 5.56 Å². The van der Waals surface area contributed by atoms with E-state index in [1.807, 2.05) is 54.6 Å². The highest BCUT2D eigenvalue weighted by molar-refractivity contribution is 5.84. The fourth-order valence-corrected chi connectivity index (χ4v) is 1.88. The lowest BCUT2D eigenvalue weighted by atomic mass is 10.0. The summed E-state index contributed by atoms with van der Waals surface area (Å²) >= 11 is 0. The highest BCUT2D eigenvalue weighted by Gasteiger charge is 2.04. The van der Waals surface area contributed by atoms with E-state index in [0.29, 0.717) is 0 Å². The third kappa shape index (κ3) is 3.95. The zero-order chi connectivity index (χ0) is 14.4. The van der Waals surface area contributed by atoms with Crippen LogP contribution >= 0.6 is 0 Å². The molecule has 2 aromatic carbocycles. The van der Waals surface area contributed by atoms with Gasteiger partial charge in [-0.3, -0.25) is 9.59 Å². The number of nitrogens with one attached hydrogen (secondary N) is 1. The molecule has 2 amide bonds. The van der Waals surface area contributed by atoms with Gasteiger partial charge in [0.2, 0.25) is 11.8 Å². The summed E-state index contributed by atoms with van der Waals surface area (Å²) in [4.78, 5) is 22.1. The van der Waals surface area contributed by atoms with Gasteiger partial charge in [0, 0.05) is 0 Å². The molecule has 2 rings (SSSR count). The molecule has 0 aromatic heterocycles. The Labute approximate surface area is 117 Å². The summed E-state index contributed by atoms with van der Waals surface area (Å²) in [5, 5.41) is 2.46. The number of carbonyl (C=O) groups excluding carboxylic acids is 2. The summed E-state index contributed by atoms with van der Waals surface area (Å²) in [5.41, 5.74) is 8.10. The standard InChI is InChI=1S/C16H16N2O2/c17-15(19)11-18-16(20)10-12-6-8-14(9-7-12)13-4-2-1-3-5-13/h1-9H,10-11H2,(H2,17,19)(H,18,20). The molecule has 0 unspecified atom stereocenters. The summed E-state index contributed by atoms with van der Waals surface area (Å²) in [6.45, 7) is -0.124. The van der Waals surface area contributed by atoms with Crippen LogP contribution in [0.3, 0.4) is 0 Å². The van der Waals surface area contributed by atoms with E-state index in [2.05, 4.69) is 5.32 Å². The quantitative estimate of drug-likeness (QED) is 0.862. The van der Waals surface area contributed by atoms with Crippen LogP contribution < -0.4 is 11.1 Å². The normalized spacial score (nSPS) is 10.0. The minimum Gasteiger partial charge on any atom is -0.368 e. The molecular formula is C16H16N2O2. The first kappa shape index (κ1) is 13.8. The van der Waals surface area contributed by atoms with Crippen LogP contribution in [0.4, 0.5) is 0 Å². The van der Waals surface area contributed by atoms with Crippen LogP contribution in [0, 0.1) is 0 Å². The molecule has 20 heavy (non-hydrogen) atoms.